The number of rotatable bonds is 8. The Morgan fingerprint density at radius 3 is 2.67 bits per heavy atom. The summed E-state index contributed by atoms with van der Waals surface area (Å²) in [5.74, 6) is 0.265. The second-order valence-electron chi connectivity index (χ2n) is 8.33. The molecule has 0 unspecified atom stereocenters. The molecule has 0 spiro atoms. The van der Waals surface area contributed by atoms with Gasteiger partial charge in [0.15, 0.2) is 0 Å². The number of aryl methyl sites for hydroxylation is 1. The zero-order chi connectivity index (χ0) is 21.1. The van der Waals surface area contributed by atoms with E-state index in [1.54, 1.807) is 23.3 Å². The van der Waals surface area contributed by atoms with Gasteiger partial charge >= 0.3 is 0 Å². The van der Waals surface area contributed by atoms with Gasteiger partial charge < -0.3 is 14.5 Å². The standard InChI is InChI=1S/C24H30N2O3S/c1-17-4-6-18(7-5-17)23-20-11-15-30-21(20)10-13-26(23)22(27)16-25(12-3-14-29-2)24(28)19-8-9-19/h4-7,11,15,19,23H,3,8-10,12-14,16H2,1-2H3/t23-/m0/s1. The highest BCUT2D eigenvalue weighted by Crippen LogP contribution is 2.38. The summed E-state index contributed by atoms with van der Waals surface area (Å²) in [6.45, 7) is 4.08. The normalized spacial score (nSPS) is 18.2. The van der Waals surface area contributed by atoms with E-state index < -0.39 is 0 Å². The molecule has 2 aliphatic rings. The maximum Gasteiger partial charge on any atom is 0.242 e. The van der Waals surface area contributed by atoms with Crippen molar-refractivity contribution >= 4 is 23.2 Å². The van der Waals surface area contributed by atoms with Crippen LogP contribution in [-0.2, 0) is 20.7 Å². The number of carbonyl (C=O) groups excluding carboxylic acids is 2. The monoisotopic (exact) mass is 426 g/mol. The molecule has 0 bridgehead atoms. The fourth-order valence-corrected chi connectivity index (χ4v) is 5.11. The molecule has 1 fully saturated rings. The van der Waals surface area contributed by atoms with Crippen molar-refractivity contribution in [2.75, 3.05) is 33.4 Å². The van der Waals surface area contributed by atoms with Crippen molar-refractivity contribution < 1.29 is 14.3 Å². The number of ether oxygens (including phenoxy) is 1. The third kappa shape index (κ3) is 4.60. The average molecular weight is 427 g/mol. The van der Waals surface area contributed by atoms with E-state index in [1.807, 2.05) is 4.90 Å². The lowest BCUT2D eigenvalue weighted by atomic mass is 9.92. The molecule has 2 aromatic rings. The first-order chi connectivity index (χ1) is 14.6. The number of hydrogen-bond donors (Lipinski definition) is 0. The molecular weight excluding hydrogens is 396 g/mol. The van der Waals surface area contributed by atoms with Crippen molar-refractivity contribution in [1.82, 2.24) is 9.80 Å². The minimum Gasteiger partial charge on any atom is -0.385 e. The summed E-state index contributed by atoms with van der Waals surface area (Å²) < 4.78 is 5.15. The molecule has 1 aliphatic heterocycles. The van der Waals surface area contributed by atoms with Gasteiger partial charge in [-0.1, -0.05) is 29.8 Å². The van der Waals surface area contributed by atoms with Crippen LogP contribution in [-0.4, -0.2) is 55.0 Å². The molecule has 1 atom stereocenters. The van der Waals surface area contributed by atoms with Crippen molar-refractivity contribution in [2.24, 2.45) is 5.92 Å². The van der Waals surface area contributed by atoms with Crippen molar-refractivity contribution in [3.05, 3.63) is 57.3 Å². The Labute approximate surface area is 182 Å². The van der Waals surface area contributed by atoms with Gasteiger partial charge in [0.2, 0.25) is 11.8 Å². The average Bonchev–Trinajstić information content (AvgIpc) is 3.49. The number of methoxy groups -OCH3 is 1. The number of hydrogen-bond acceptors (Lipinski definition) is 4. The summed E-state index contributed by atoms with van der Waals surface area (Å²) in [4.78, 5) is 31.3. The van der Waals surface area contributed by atoms with Crippen LogP contribution in [0.3, 0.4) is 0 Å². The Hall–Kier alpha value is -2.18. The highest BCUT2D eigenvalue weighted by atomic mass is 32.1. The molecule has 0 saturated heterocycles. The predicted octanol–water partition coefficient (Wildman–Crippen LogP) is 3.81. The predicted molar refractivity (Wildman–Crippen MR) is 119 cm³/mol. The molecule has 6 heteroatoms. The Morgan fingerprint density at radius 1 is 1.20 bits per heavy atom. The first-order valence-electron chi connectivity index (χ1n) is 10.8. The fourth-order valence-electron chi connectivity index (χ4n) is 4.20. The largest absolute Gasteiger partial charge is 0.385 e. The summed E-state index contributed by atoms with van der Waals surface area (Å²) >= 11 is 1.77. The maximum absolute atomic E-state index is 13.5. The van der Waals surface area contributed by atoms with E-state index in [2.05, 4.69) is 42.6 Å². The fraction of sp³-hybridized carbons (Fsp3) is 0.500. The van der Waals surface area contributed by atoms with Crippen molar-refractivity contribution in [1.29, 1.82) is 0 Å². The SMILES string of the molecule is COCCCN(CC(=O)N1CCc2sccc2[C@@H]1c1ccc(C)cc1)C(=O)C1CC1. The molecule has 2 heterocycles. The lowest BCUT2D eigenvalue weighted by Gasteiger charge is -2.37. The molecule has 0 N–H and O–H groups in total. The van der Waals surface area contributed by atoms with Crippen molar-refractivity contribution in [2.45, 2.75) is 38.6 Å². The first-order valence-corrected chi connectivity index (χ1v) is 11.7. The maximum atomic E-state index is 13.5. The Kier molecular flexibility index (Phi) is 6.54. The van der Waals surface area contributed by atoms with E-state index in [1.165, 1.54) is 16.0 Å². The number of thiophene rings is 1. The molecule has 1 aromatic heterocycles. The number of amides is 2. The molecule has 0 radical (unpaired) electrons. The molecule has 1 saturated carbocycles. The molecule has 1 aromatic carbocycles. The smallest absolute Gasteiger partial charge is 0.242 e. The second-order valence-corrected chi connectivity index (χ2v) is 9.33. The van der Waals surface area contributed by atoms with Crippen LogP contribution >= 0.6 is 11.3 Å². The van der Waals surface area contributed by atoms with Gasteiger partial charge in [-0.2, -0.15) is 0 Å². The van der Waals surface area contributed by atoms with E-state index in [4.69, 9.17) is 4.74 Å². The number of benzene rings is 1. The van der Waals surface area contributed by atoms with E-state index in [-0.39, 0.29) is 30.3 Å². The minimum absolute atomic E-state index is 0.0313. The van der Waals surface area contributed by atoms with Crippen molar-refractivity contribution in [3.8, 4) is 0 Å². The highest BCUT2D eigenvalue weighted by molar-refractivity contribution is 7.10. The van der Waals surface area contributed by atoms with E-state index in [0.717, 1.165) is 31.2 Å². The molecule has 2 amide bonds. The minimum atomic E-state index is -0.0787. The van der Waals surface area contributed by atoms with Gasteiger partial charge in [-0.15, -0.1) is 11.3 Å². The summed E-state index contributed by atoms with van der Waals surface area (Å²) in [6.07, 6.45) is 3.52. The van der Waals surface area contributed by atoms with Crippen LogP contribution in [0, 0.1) is 12.8 Å². The molecular formula is C24H30N2O3S. The van der Waals surface area contributed by atoms with Gasteiger partial charge in [0.05, 0.1) is 12.6 Å². The lowest BCUT2D eigenvalue weighted by Crippen LogP contribution is -2.47. The van der Waals surface area contributed by atoms with Crippen LogP contribution in [0.5, 0.6) is 0 Å². The van der Waals surface area contributed by atoms with Crippen LogP contribution in [0.4, 0.5) is 0 Å². The Morgan fingerprint density at radius 2 is 1.97 bits per heavy atom. The summed E-state index contributed by atoms with van der Waals surface area (Å²) in [6, 6.07) is 10.5. The Balaban J connectivity index is 1.55. The van der Waals surface area contributed by atoms with Gasteiger partial charge in [0.1, 0.15) is 0 Å². The second kappa shape index (κ2) is 9.31. The summed E-state index contributed by atoms with van der Waals surface area (Å²) in [5, 5.41) is 2.12. The van der Waals surface area contributed by atoms with Gasteiger partial charge in [0.25, 0.3) is 0 Å². The van der Waals surface area contributed by atoms with E-state index in [0.29, 0.717) is 19.7 Å². The first kappa shape index (κ1) is 21.1. The summed E-state index contributed by atoms with van der Waals surface area (Å²) in [5.41, 5.74) is 3.56. The molecule has 160 valence electrons. The number of nitrogens with zero attached hydrogens (tertiary/aromatic N) is 2. The van der Waals surface area contributed by atoms with Gasteiger partial charge in [-0.3, -0.25) is 9.59 Å². The number of carbonyl (C=O) groups is 2. The van der Waals surface area contributed by atoms with E-state index >= 15 is 0 Å². The van der Waals surface area contributed by atoms with Crippen LogP contribution < -0.4 is 0 Å². The van der Waals surface area contributed by atoms with Crippen LogP contribution in [0.25, 0.3) is 0 Å². The zero-order valence-corrected chi connectivity index (χ0v) is 18.6. The molecule has 1 aliphatic carbocycles. The van der Waals surface area contributed by atoms with Crippen LogP contribution in [0.1, 0.15) is 46.9 Å². The quantitative estimate of drug-likeness (QED) is 0.603. The zero-order valence-electron chi connectivity index (χ0n) is 17.8. The molecule has 5 nitrogen and oxygen atoms in total. The number of fused-ring (bicyclic) bond motifs is 1. The topological polar surface area (TPSA) is 49.9 Å². The van der Waals surface area contributed by atoms with Gasteiger partial charge in [-0.25, -0.2) is 0 Å². The molecule has 30 heavy (non-hydrogen) atoms. The lowest BCUT2D eigenvalue weighted by molar-refractivity contribution is -0.142. The molecule has 4 rings (SSSR count). The highest BCUT2D eigenvalue weighted by Gasteiger charge is 2.37. The third-order valence-corrected chi connectivity index (χ3v) is 7.02. The van der Waals surface area contributed by atoms with Gasteiger partial charge in [-0.05, 0) is 55.2 Å². The van der Waals surface area contributed by atoms with E-state index in [9.17, 15) is 9.59 Å². The van der Waals surface area contributed by atoms with Crippen LogP contribution in [0.15, 0.2) is 35.7 Å². The van der Waals surface area contributed by atoms with Gasteiger partial charge in [0, 0.05) is 37.6 Å². The van der Waals surface area contributed by atoms with Crippen LogP contribution in [0.2, 0.25) is 0 Å². The third-order valence-electron chi connectivity index (χ3n) is 6.02. The van der Waals surface area contributed by atoms with Crippen molar-refractivity contribution in [3.63, 3.8) is 0 Å². The summed E-state index contributed by atoms with van der Waals surface area (Å²) in [7, 11) is 1.66. The Bertz CT molecular complexity index is 888.